The largest absolute Gasteiger partial charge is 0.338 e. The molecule has 1 atom stereocenters. The van der Waals surface area contributed by atoms with Gasteiger partial charge in [0, 0.05) is 24.7 Å². The maximum atomic E-state index is 12.4. The maximum Gasteiger partial charge on any atom is 0.270 e. The molecule has 1 aliphatic rings. The van der Waals surface area contributed by atoms with Gasteiger partial charge in [0.1, 0.15) is 11.3 Å². The van der Waals surface area contributed by atoms with Gasteiger partial charge in [-0.2, -0.15) is 0 Å². The Kier molecular flexibility index (Phi) is 3.01. The van der Waals surface area contributed by atoms with Crippen LogP contribution in [0.1, 0.15) is 36.7 Å². The van der Waals surface area contributed by atoms with Gasteiger partial charge in [0.25, 0.3) is 5.91 Å². The summed E-state index contributed by atoms with van der Waals surface area (Å²) in [5, 5.41) is 0.981. The highest BCUT2D eigenvalue weighted by atomic mass is 16.2. The predicted octanol–water partition coefficient (Wildman–Crippen LogP) is 2.82. The number of amides is 1. The Morgan fingerprint density at radius 3 is 3.05 bits per heavy atom. The lowest BCUT2D eigenvalue weighted by atomic mass is 10.1. The Bertz CT molecular complexity index is 567. The zero-order chi connectivity index (χ0) is 13.4. The van der Waals surface area contributed by atoms with Gasteiger partial charge < -0.3 is 9.88 Å². The average Bonchev–Trinajstić information content (AvgIpc) is 3.12. The number of carbonyl (C=O) groups is 1. The van der Waals surface area contributed by atoms with Gasteiger partial charge in [-0.25, -0.2) is 4.98 Å². The molecule has 0 spiro atoms. The molecule has 0 aromatic carbocycles. The van der Waals surface area contributed by atoms with Crippen LogP contribution in [0.3, 0.4) is 0 Å². The van der Waals surface area contributed by atoms with E-state index in [1.807, 2.05) is 30.1 Å². The summed E-state index contributed by atoms with van der Waals surface area (Å²) in [6.07, 6.45) is 5.48. The first-order chi connectivity index (χ1) is 9.15. The van der Waals surface area contributed by atoms with E-state index in [-0.39, 0.29) is 5.91 Å². The minimum absolute atomic E-state index is 0.0474. The maximum absolute atomic E-state index is 12.4. The number of hydrogen-bond donors (Lipinski definition) is 1. The van der Waals surface area contributed by atoms with Crippen LogP contribution in [-0.2, 0) is 0 Å². The third-order valence-corrected chi connectivity index (χ3v) is 3.98. The molecule has 1 saturated carbocycles. The van der Waals surface area contributed by atoms with Crippen molar-refractivity contribution in [3.8, 4) is 0 Å². The summed E-state index contributed by atoms with van der Waals surface area (Å²) in [6.45, 7) is 2.12. The van der Waals surface area contributed by atoms with Crippen molar-refractivity contribution >= 4 is 16.9 Å². The number of carbonyl (C=O) groups excluding carboxylic acids is 1. The molecule has 19 heavy (non-hydrogen) atoms. The first-order valence-electron chi connectivity index (χ1n) is 6.86. The first kappa shape index (κ1) is 12.2. The molecule has 0 aliphatic heterocycles. The Morgan fingerprint density at radius 1 is 1.58 bits per heavy atom. The molecule has 100 valence electrons. The summed E-state index contributed by atoms with van der Waals surface area (Å²) < 4.78 is 0. The molecule has 0 radical (unpaired) electrons. The summed E-state index contributed by atoms with van der Waals surface area (Å²) in [7, 11) is 1.88. The molecule has 2 heterocycles. The van der Waals surface area contributed by atoms with Crippen LogP contribution in [-0.4, -0.2) is 33.9 Å². The third-order valence-electron chi connectivity index (χ3n) is 3.98. The molecule has 2 aromatic rings. The molecule has 0 saturated heterocycles. The molecule has 4 nitrogen and oxygen atoms in total. The number of hydrogen-bond acceptors (Lipinski definition) is 2. The van der Waals surface area contributed by atoms with E-state index < -0.39 is 0 Å². The summed E-state index contributed by atoms with van der Waals surface area (Å²) >= 11 is 0. The summed E-state index contributed by atoms with van der Waals surface area (Å²) in [6, 6.07) is 6.01. The predicted molar refractivity (Wildman–Crippen MR) is 75.0 cm³/mol. The molecular formula is C15H19N3O. The van der Waals surface area contributed by atoms with Gasteiger partial charge in [0.15, 0.2) is 0 Å². The van der Waals surface area contributed by atoms with Crippen LogP contribution in [0.25, 0.3) is 11.0 Å². The Labute approximate surface area is 112 Å². The topological polar surface area (TPSA) is 49.0 Å². The molecule has 1 amide bonds. The second-order valence-corrected chi connectivity index (χ2v) is 5.57. The summed E-state index contributed by atoms with van der Waals surface area (Å²) in [4.78, 5) is 21.6. The monoisotopic (exact) mass is 257 g/mol. The number of rotatable bonds is 4. The zero-order valence-corrected chi connectivity index (χ0v) is 11.4. The van der Waals surface area contributed by atoms with E-state index in [2.05, 4.69) is 16.9 Å². The molecule has 4 heteroatoms. The summed E-state index contributed by atoms with van der Waals surface area (Å²) in [5.41, 5.74) is 1.40. The van der Waals surface area contributed by atoms with Crippen LogP contribution in [0.15, 0.2) is 24.4 Å². The molecule has 1 unspecified atom stereocenters. The Morgan fingerprint density at radius 2 is 2.37 bits per heavy atom. The lowest BCUT2D eigenvalue weighted by Gasteiger charge is -2.24. The quantitative estimate of drug-likeness (QED) is 0.915. The van der Waals surface area contributed by atoms with Gasteiger partial charge in [-0.3, -0.25) is 4.79 Å². The van der Waals surface area contributed by atoms with Crippen molar-refractivity contribution in [1.82, 2.24) is 14.9 Å². The van der Waals surface area contributed by atoms with Gasteiger partial charge >= 0.3 is 0 Å². The van der Waals surface area contributed by atoms with Crippen LogP contribution >= 0.6 is 0 Å². The minimum Gasteiger partial charge on any atom is -0.338 e. The zero-order valence-electron chi connectivity index (χ0n) is 11.4. The first-order valence-corrected chi connectivity index (χ1v) is 6.86. The highest BCUT2D eigenvalue weighted by Gasteiger charge is 2.27. The lowest BCUT2D eigenvalue weighted by molar-refractivity contribution is 0.0728. The van der Waals surface area contributed by atoms with E-state index in [4.69, 9.17) is 0 Å². The van der Waals surface area contributed by atoms with E-state index in [0.29, 0.717) is 11.7 Å². The molecule has 1 aliphatic carbocycles. The van der Waals surface area contributed by atoms with Crippen molar-refractivity contribution in [3.63, 3.8) is 0 Å². The van der Waals surface area contributed by atoms with E-state index in [0.717, 1.165) is 23.4 Å². The number of H-pyrrole nitrogens is 1. The average molecular weight is 257 g/mol. The third kappa shape index (κ3) is 2.48. The molecule has 2 aromatic heterocycles. The lowest BCUT2D eigenvalue weighted by Crippen LogP contribution is -2.35. The molecular weight excluding hydrogens is 238 g/mol. The van der Waals surface area contributed by atoms with E-state index in [1.54, 1.807) is 6.20 Å². The van der Waals surface area contributed by atoms with Crippen LogP contribution in [0.4, 0.5) is 0 Å². The van der Waals surface area contributed by atoms with Gasteiger partial charge in [-0.05, 0) is 37.5 Å². The highest BCUT2D eigenvalue weighted by Crippen LogP contribution is 2.34. The molecule has 1 fully saturated rings. The van der Waals surface area contributed by atoms with Gasteiger partial charge in [0.05, 0.1) is 0 Å². The van der Waals surface area contributed by atoms with Crippen LogP contribution in [0, 0.1) is 5.92 Å². The van der Waals surface area contributed by atoms with Crippen molar-refractivity contribution in [2.24, 2.45) is 5.92 Å². The van der Waals surface area contributed by atoms with Crippen molar-refractivity contribution in [2.75, 3.05) is 7.05 Å². The number of nitrogens with one attached hydrogen (secondary N) is 1. The molecule has 0 bridgehead atoms. The fraction of sp³-hybridized carbons (Fsp3) is 0.467. The number of aromatic nitrogens is 2. The summed E-state index contributed by atoms with van der Waals surface area (Å²) in [5.74, 6) is 0.876. The Balaban J connectivity index is 1.77. The normalized spacial score (nSPS) is 16.5. The Hall–Kier alpha value is -1.84. The van der Waals surface area contributed by atoms with Crippen molar-refractivity contribution < 1.29 is 4.79 Å². The van der Waals surface area contributed by atoms with E-state index in [1.165, 1.54) is 12.8 Å². The number of nitrogens with zero attached hydrogens (tertiary/aromatic N) is 2. The van der Waals surface area contributed by atoms with Crippen molar-refractivity contribution in [1.29, 1.82) is 0 Å². The van der Waals surface area contributed by atoms with E-state index in [9.17, 15) is 4.79 Å². The van der Waals surface area contributed by atoms with Crippen molar-refractivity contribution in [3.05, 3.63) is 30.1 Å². The van der Waals surface area contributed by atoms with Gasteiger partial charge in [-0.1, -0.05) is 12.8 Å². The minimum atomic E-state index is 0.0474. The molecule has 1 N–H and O–H groups in total. The second-order valence-electron chi connectivity index (χ2n) is 5.57. The van der Waals surface area contributed by atoms with Crippen LogP contribution in [0.2, 0.25) is 0 Å². The smallest absolute Gasteiger partial charge is 0.270 e. The van der Waals surface area contributed by atoms with Crippen molar-refractivity contribution in [2.45, 2.75) is 32.2 Å². The highest BCUT2D eigenvalue weighted by molar-refractivity contribution is 5.97. The van der Waals surface area contributed by atoms with E-state index >= 15 is 0 Å². The van der Waals surface area contributed by atoms with Gasteiger partial charge in [-0.15, -0.1) is 0 Å². The number of fused-ring (bicyclic) bond motifs is 1. The fourth-order valence-corrected chi connectivity index (χ4v) is 2.46. The second kappa shape index (κ2) is 4.68. The molecule has 3 rings (SSSR count). The van der Waals surface area contributed by atoms with Gasteiger partial charge in [0.2, 0.25) is 0 Å². The van der Waals surface area contributed by atoms with Crippen LogP contribution < -0.4 is 0 Å². The number of aromatic amines is 1. The van der Waals surface area contributed by atoms with Crippen LogP contribution in [0.5, 0.6) is 0 Å². The fourth-order valence-electron chi connectivity index (χ4n) is 2.46. The number of pyridine rings is 1. The standard InChI is InChI=1S/C15H19N3O/c1-10(8-11-5-6-11)18(2)15(19)13-9-12-4-3-7-16-14(12)17-13/h3-4,7,9-11H,5-6,8H2,1-2H3,(H,16,17). The SMILES string of the molecule is CC(CC1CC1)N(C)C(=O)c1cc2cccnc2[nH]1.